The van der Waals surface area contributed by atoms with Gasteiger partial charge in [-0.2, -0.15) is 0 Å². The van der Waals surface area contributed by atoms with E-state index in [0.29, 0.717) is 6.61 Å². The molecule has 1 rings (SSSR count). The zero-order valence-electron chi connectivity index (χ0n) is 12.7. The Labute approximate surface area is 156 Å². The molecule has 0 aliphatic rings. The van der Waals surface area contributed by atoms with Gasteiger partial charge in [-0.3, -0.25) is 4.79 Å². The number of nitrogens with one attached hydrogen (secondary N) is 3. The van der Waals surface area contributed by atoms with Gasteiger partial charge in [-0.05, 0) is 43.4 Å². The standard InChI is InChI=1S/C14H18Cl3N3O2S/c1-3-11(21)19-12(14(15,16)17)20-13(23)18-9-5-7-10(8-6-9)22-4-2/h5-8,12H,3-4H2,1-2H3,(H,19,21)(H2,18,20,23)/t12-/m1/s1. The number of alkyl halides is 3. The molecule has 0 heterocycles. The van der Waals surface area contributed by atoms with Crippen LogP contribution in [0.25, 0.3) is 0 Å². The number of ether oxygens (including phenoxy) is 1. The first kappa shape index (κ1) is 20.1. The highest BCUT2D eigenvalue weighted by Crippen LogP contribution is 2.29. The van der Waals surface area contributed by atoms with Crippen LogP contribution in [0.1, 0.15) is 20.3 Å². The van der Waals surface area contributed by atoms with Crippen LogP contribution in [0.3, 0.4) is 0 Å². The largest absolute Gasteiger partial charge is 0.494 e. The summed E-state index contributed by atoms with van der Waals surface area (Å²) in [5.74, 6) is 0.490. The van der Waals surface area contributed by atoms with Gasteiger partial charge in [0.15, 0.2) is 5.11 Å². The van der Waals surface area contributed by atoms with E-state index in [2.05, 4.69) is 16.0 Å². The summed E-state index contributed by atoms with van der Waals surface area (Å²) in [5.41, 5.74) is 0.732. The number of hydrogen-bond donors (Lipinski definition) is 3. The van der Waals surface area contributed by atoms with E-state index in [4.69, 9.17) is 51.8 Å². The number of carbonyl (C=O) groups is 1. The molecule has 1 amide bonds. The Morgan fingerprint density at radius 1 is 1.22 bits per heavy atom. The topological polar surface area (TPSA) is 62.4 Å². The van der Waals surface area contributed by atoms with Crippen molar-refractivity contribution in [1.82, 2.24) is 10.6 Å². The van der Waals surface area contributed by atoms with E-state index < -0.39 is 9.96 Å². The van der Waals surface area contributed by atoms with Crippen molar-refractivity contribution in [3.05, 3.63) is 24.3 Å². The van der Waals surface area contributed by atoms with Crippen molar-refractivity contribution in [2.45, 2.75) is 30.2 Å². The minimum Gasteiger partial charge on any atom is -0.494 e. The van der Waals surface area contributed by atoms with E-state index >= 15 is 0 Å². The minimum atomic E-state index is -1.75. The van der Waals surface area contributed by atoms with Crippen LogP contribution in [-0.2, 0) is 4.79 Å². The van der Waals surface area contributed by atoms with Gasteiger partial charge < -0.3 is 20.7 Å². The first-order valence-corrected chi connectivity index (χ1v) is 8.47. The molecule has 1 atom stereocenters. The Kier molecular flexibility index (Phi) is 8.19. The van der Waals surface area contributed by atoms with Gasteiger partial charge in [-0.15, -0.1) is 0 Å². The Bertz CT molecular complexity index is 535. The van der Waals surface area contributed by atoms with Crippen LogP contribution in [0.4, 0.5) is 5.69 Å². The van der Waals surface area contributed by atoms with Crippen LogP contribution in [0, 0.1) is 0 Å². The Morgan fingerprint density at radius 2 is 1.83 bits per heavy atom. The molecule has 0 fully saturated rings. The Morgan fingerprint density at radius 3 is 2.30 bits per heavy atom. The summed E-state index contributed by atoms with van der Waals surface area (Å²) in [5, 5.41) is 8.48. The van der Waals surface area contributed by atoms with E-state index in [0.717, 1.165) is 11.4 Å². The zero-order valence-corrected chi connectivity index (χ0v) is 15.7. The van der Waals surface area contributed by atoms with Crippen molar-refractivity contribution in [1.29, 1.82) is 0 Å². The van der Waals surface area contributed by atoms with Crippen molar-refractivity contribution in [3.63, 3.8) is 0 Å². The molecule has 9 heteroatoms. The fourth-order valence-electron chi connectivity index (χ4n) is 1.56. The number of thiocarbonyl (C=S) groups is 1. The maximum Gasteiger partial charge on any atom is 0.228 e. The van der Waals surface area contributed by atoms with E-state index in [-0.39, 0.29) is 17.4 Å². The van der Waals surface area contributed by atoms with Crippen molar-refractivity contribution < 1.29 is 9.53 Å². The molecular formula is C14H18Cl3N3O2S. The van der Waals surface area contributed by atoms with Crippen LogP contribution in [-0.4, -0.2) is 27.6 Å². The molecule has 0 saturated carbocycles. The highest BCUT2D eigenvalue weighted by molar-refractivity contribution is 7.80. The average molecular weight is 399 g/mol. The third kappa shape index (κ3) is 7.44. The first-order valence-electron chi connectivity index (χ1n) is 6.92. The predicted molar refractivity (Wildman–Crippen MR) is 99.5 cm³/mol. The first-order chi connectivity index (χ1) is 10.8. The summed E-state index contributed by atoms with van der Waals surface area (Å²) >= 11 is 22.7. The fourth-order valence-corrected chi connectivity index (χ4v) is 2.13. The number of benzene rings is 1. The van der Waals surface area contributed by atoms with Gasteiger partial charge in [0.05, 0.1) is 6.61 Å². The molecular weight excluding hydrogens is 381 g/mol. The fraction of sp³-hybridized carbons (Fsp3) is 0.429. The van der Waals surface area contributed by atoms with E-state index in [1.165, 1.54) is 0 Å². The van der Waals surface area contributed by atoms with Crippen molar-refractivity contribution in [2.24, 2.45) is 0 Å². The molecule has 0 aromatic heterocycles. The Hall–Kier alpha value is -0.950. The summed E-state index contributed by atoms with van der Waals surface area (Å²) in [6, 6.07) is 7.21. The van der Waals surface area contributed by atoms with Gasteiger partial charge >= 0.3 is 0 Å². The van der Waals surface area contributed by atoms with E-state index in [1.807, 2.05) is 6.92 Å². The van der Waals surface area contributed by atoms with Gasteiger partial charge in [0, 0.05) is 12.1 Å². The molecule has 0 unspecified atom stereocenters. The molecule has 1 aromatic rings. The van der Waals surface area contributed by atoms with Gasteiger partial charge in [-0.25, -0.2) is 0 Å². The molecule has 0 spiro atoms. The lowest BCUT2D eigenvalue weighted by Crippen LogP contribution is -2.56. The molecule has 1 aromatic carbocycles. The second-order valence-corrected chi connectivity index (χ2v) is 7.23. The molecule has 0 saturated heterocycles. The van der Waals surface area contributed by atoms with E-state index in [1.54, 1.807) is 31.2 Å². The number of carbonyl (C=O) groups excluding carboxylic acids is 1. The number of amides is 1. The van der Waals surface area contributed by atoms with Crippen LogP contribution in [0.2, 0.25) is 0 Å². The van der Waals surface area contributed by atoms with Crippen molar-refractivity contribution in [2.75, 3.05) is 11.9 Å². The van der Waals surface area contributed by atoms with Gasteiger partial charge in [-0.1, -0.05) is 41.7 Å². The quantitative estimate of drug-likeness (QED) is 0.388. The van der Waals surface area contributed by atoms with Crippen molar-refractivity contribution in [3.8, 4) is 5.75 Å². The second-order valence-electron chi connectivity index (χ2n) is 4.45. The maximum absolute atomic E-state index is 11.5. The Balaban J connectivity index is 2.66. The summed E-state index contributed by atoms with van der Waals surface area (Å²) in [4.78, 5) is 11.5. The molecule has 128 valence electrons. The summed E-state index contributed by atoms with van der Waals surface area (Å²) in [6.07, 6.45) is -0.694. The second kappa shape index (κ2) is 9.37. The normalized spacial score (nSPS) is 12.2. The molecule has 0 aliphatic carbocycles. The third-order valence-corrected chi connectivity index (χ3v) is 3.53. The van der Waals surface area contributed by atoms with Crippen LogP contribution in [0.5, 0.6) is 5.75 Å². The SMILES string of the molecule is CCOc1ccc(NC(=S)N[C@@H](NC(=O)CC)C(Cl)(Cl)Cl)cc1. The lowest BCUT2D eigenvalue weighted by atomic mass is 10.3. The number of halogens is 3. The van der Waals surface area contributed by atoms with Gasteiger partial charge in [0.1, 0.15) is 11.9 Å². The lowest BCUT2D eigenvalue weighted by molar-refractivity contribution is -0.121. The minimum absolute atomic E-state index is 0.210. The number of rotatable bonds is 6. The van der Waals surface area contributed by atoms with Crippen LogP contribution in [0.15, 0.2) is 24.3 Å². The van der Waals surface area contributed by atoms with Crippen molar-refractivity contribution >= 4 is 63.7 Å². The van der Waals surface area contributed by atoms with Gasteiger partial charge in [0.25, 0.3) is 0 Å². The zero-order chi connectivity index (χ0) is 17.5. The summed E-state index contributed by atoms with van der Waals surface area (Å²) in [7, 11) is 0. The lowest BCUT2D eigenvalue weighted by Gasteiger charge is -2.27. The monoisotopic (exact) mass is 397 g/mol. The number of anilines is 1. The predicted octanol–water partition coefficient (Wildman–Crippen LogP) is 3.59. The molecule has 23 heavy (non-hydrogen) atoms. The molecule has 5 nitrogen and oxygen atoms in total. The molecule has 0 radical (unpaired) electrons. The number of hydrogen-bond acceptors (Lipinski definition) is 3. The smallest absolute Gasteiger partial charge is 0.228 e. The summed E-state index contributed by atoms with van der Waals surface area (Å²) < 4.78 is 3.60. The van der Waals surface area contributed by atoms with Gasteiger partial charge in [0.2, 0.25) is 9.70 Å². The van der Waals surface area contributed by atoms with Crippen LogP contribution < -0.4 is 20.7 Å². The molecule has 0 aliphatic heterocycles. The third-order valence-electron chi connectivity index (χ3n) is 2.65. The molecule has 3 N–H and O–H groups in total. The summed E-state index contributed by atoms with van der Waals surface area (Å²) in [6.45, 7) is 4.20. The highest BCUT2D eigenvalue weighted by Gasteiger charge is 2.34. The maximum atomic E-state index is 11.5. The molecule has 0 bridgehead atoms. The van der Waals surface area contributed by atoms with Crippen LogP contribution >= 0.6 is 47.0 Å². The van der Waals surface area contributed by atoms with E-state index in [9.17, 15) is 4.79 Å². The average Bonchev–Trinajstić information content (AvgIpc) is 2.47. The highest BCUT2D eigenvalue weighted by atomic mass is 35.6.